The molecule has 0 unspecified atom stereocenters. The Morgan fingerprint density at radius 2 is 2.07 bits per heavy atom. The van der Waals surface area contributed by atoms with Gasteiger partial charge in [0.25, 0.3) is 11.8 Å². The van der Waals surface area contributed by atoms with Crippen molar-refractivity contribution in [3.8, 4) is 0 Å². The van der Waals surface area contributed by atoms with Crippen LogP contribution in [0, 0.1) is 5.82 Å². The molecule has 2 amide bonds. The Bertz CT molecular complexity index is 914. The van der Waals surface area contributed by atoms with E-state index in [9.17, 15) is 14.0 Å². The van der Waals surface area contributed by atoms with Gasteiger partial charge in [0.1, 0.15) is 12.0 Å². The van der Waals surface area contributed by atoms with E-state index in [4.69, 9.17) is 0 Å². The molecule has 1 saturated heterocycles. The molecule has 1 fully saturated rings. The van der Waals surface area contributed by atoms with Crippen molar-refractivity contribution in [1.29, 1.82) is 0 Å². The van der Waals surface area contributed by atoms with Crippen molar-refractivity contribution in [2.45, 2.75) is 38.9 Å². The topological polar surface area (TPSA) is 52.7 Å². The monoisotopic (exact) mass is 381 g/mol. The van der Waals surface area contributed by atoms with Gasteiger partial charge in [0.05, 0.1) is 11.3 Å². The standard InChI is InChI=1S/C22H24FN3O2/c1-2-25-19-13-16(21(27)24-14-15-6-5-7-17(23)12-15)9-10-18(19)22(28)26-11-4-3-8-20(25)26/h5-7,9-10,12-13,20H,2-4,8,11,14H2,1H3,(H,24,27)/t20-/m0/s1. The van der Waals surface area contributed by atoms with Gasteiger partial charge in [-0.25, -0.2) is 4.39 Å². The van der Waals surface area contributed by atoms with Gasteiger partial charge in [0.2, 0.25) is 0 Å². The minimum atomic E-state index is -0.324. The Hall–Kier alpha value is -2.89. The minimum Gasteiger partial charge on any atom is -0.351 e. The molecule has 2 aliphatic rings. The fourth-order valence-electron chi connectivity index (χ4n) is 4.19. The number of fused-ring (bicyclic) bond motifs is 2. The molecule has 6 heteroatoms. The first-order valence-corrected chi connectivity index (χ1v) is 9.83. The molecule has 2 aromatic rings. The van der Waals surface area contributed by atoms with Crippen molar-refractivity contribution in [3.63, 3.8) is 0 Å². The molecule has 0 aliphatic carbocycles. The maximum absolute atomic E-state index is 13.3. The van der Waals surface area contributed by atoms with Crippen LogP contribution in [-0.4, -0.2) is 36.0 Å². The van der Waals surface area contributed by atoms with Crippen LogP contribution in [0.1, 0.15) is 52.5 Å². The van der Waals surface area contributed by atoms with E-state index in [1.165, 1.54) is 12.1 Å². The zero-order valence-corrected chi connectivity index (χ0v) is 16.0. The molecule has 4 rings (SSSR count). The Morgan fingerprint density at radius 1 is 1.21 bits per heavy atom. The van der Waals surface area contributed by atoms with Gasteiger partial charge in [-0.2, -0.15) is 0 Å². The highest BCUT2D eigenvalue weighted by Crippen LogP contribution is 2.35. The SMILES string of the molecule is CCN1c2cc(C(=O)NCc3cccc(F)c3)ccc2C(=O)N2CCCC[C@H]21. The van der Waals surface area contributed by atoms with Crippen molar-refractivity contribution in [2.75, 3.05) is 18.0 Å². The number of carbonyl (C=O) groups excluding carboxylic acids is 2. The lowest BCUT2D eigenvalue weighted by atomic mass is 9.97. The number of hydrogen-bond donors (Lipinski definition) is 1. The van der Waals surface area contributed by atoms with Crippen molar-refractivity contribution >= 4 is 17.5 Å². The molecule has 5 nitrogen and oxygen atoms in total. The zero-order chi connectivity index (χ0) is 19.7. The van der Waals surface area contributed by atoms with Gasteiger partial charge in [0, 0.05) is 25.2 Å². The summed E-state index contributed by atoms with van der Waals surface area (Å²) in [4.78, 5) is 29.7. The van der Waals surface area contributed by atoms with Gasteiger partial charge < -0.3 is 15.1 Å². The van der Waals surface area contributed by atoms with Crippen LogP contribution >= 0.6 is 0 Å². The minimum absolute atomic E-state index is 0.0520. The number of hydrogen-bond acceptors (Lipinski definition) is 3. The molecule has 2 heterocycles. The van der Waals surface area contributed by atoms with Gasteiger partial charge in [-0.1, -0.05) is 12.1 Å². The number of piperidine rings is 1. The number of nitrogens with zero attached hydrogens (tertiary/aromatic N) is 2. The number of amides is 2. The first-order valence-electron chi connectivity index (χ1n) is 9.83. The normalized spacial score (nSPS) is 18.5. The van der Waals surface area contributed by atoms with Crippen LogP contribution in [0.4, 0.5) is 10.1 Å². The summed E-state index contributed by atoms with van der Waals surface area (Å²) in [6.07, 6.45) is 3.17. The average Bonchev–Trinajstić information content (AvgIpc) is 2.72. The first kappa shape index (κ1) is 18.5. The van der Waals surface area contributed by atoms with Crippen molar-refractivity contribution < 1.29 is 14.0 Å². The number of halogens is 1. The Balaban J connectivity index is 1.57. The van der Waals surface area contributed by atoms with Crippen LogP contribution in [0.5, 0.6) is 0 Å². The lowest BCUT2D eigenvalue weighted by molar-refractivity contribution is 0.0582. The van der Waals surface area contributed by atoms with Crippen molar-refractivity contribution in [2.24, 2.45) is 0 Å². The molecular weight excluding hydrogens is 357 g/mol. The Morgan fingerprint density at radius 3 is 2.86 bits per heavy atom. The first-order chi connectivity index (χ1) is 13.6. The molecule has 28 heavy (non-hydrogen) atoms. The summed E-state index contributed by atoms with van der Waals surface area (Å²) < 4.78 is 13.3. The van der Waals surface area contributed by atoms with Crippen LogP contribution in [0.25, 0.3) is 0 Å². The van der Waals surface area contributed by atoms with Crippen molar-refractivity contribution in [3.05, 3.63) is 65.0 Å². The van der Waals surface area contributed by atoms with E-state index < -0.39 is 0 Å². The lowest BCUT2D eigenvalue weighted by Gasteiger charge is -2.47. The van der Waals surface area contributed by atoms with Crippen LogP contribution in [0.15, 0.2) is 42.5 Å². The summed E-state index contributed by atoms with van der Waals surface area (Å²) in [5.41, 5.74) is 2.69. The summed E-state index contributed by atoms with van der Waals surface area (Å²) >= 11 is 0. The molecular formula is C22H24FN3O2. The van der Waals surface area contributed by atoms with Gasteiger partial charge in [-0.3, -0.25) is 9.59 Å². The van der Waals surface area contributed by atoms with Crippen LogP contribution in [0.2, 0.25) is 0 Å². The molecule has 146 valence electrons. The fraction of sp³-hybridized carbons (Fsp3) is 0.364. The molecule has 1 N–H and O–H groups in total. The summed E-state index contributed by atoms with van der Waals surface area (Å²) in [6.45, 7) is 3.88. The van der Waals surface area contributed by atoms with E-state index in [1.54, 1.807) is 24.3 Å². The van der Waals surface area contributed by atoms with E-state index in [0.717, 1.165) is 38.0 Å². The number of benzene rings is 2. The largest absolute Gasteiger partial charge is 0.351 e. The van der Waals surface area contributed by atoms with E-state index >= 15 is 0 Å². The van der Waals surface area contributed by atoms with Crippen LogP contribution in [0.3, 0.4) is 0 Å². The van der Waals surface area contributed by atoms with Crippen LogP contribution < -0.4 is 10.2 Å². The van der Waals surface area contributed by atoms with Gasteiger partial charge in [-0.05, 0) is 62.1 Å². The van der Waals surface area contributed by atoms with E-state index in [2.05, 4.69) is 17.1 Å². The summed E-state index contributed by atoms with van der Waals surface area (Å²) in [6, 6.07) is 11.4. The zero-order valence-electron chi connectivity index (χ0n) is 16.0. The van der Waals surface area contributed by atoms with Crippen molar-refractivity contribution in [1.82, 2.24) is 10.2 Å². The summed E-state index contributed by atoms with van der Waals surface area (Å²) in [7, 11) is 0. The lowest BCUT2D eigenvalue weighted by Crippen LogP contribution is -2.57. The second kappa shape index (κ2) is 7.62. The highest BCUT2D eigenvalue weighted by molar-refractivity contribution is 6.04. The predicted octanol–water partition coefficient (Wildman–Crippen LogP) is 3.55. The number of nitrogens with one attached hydrogen (secondary N) is 1. The quantitative estimate of drug-likeness (QED) is 0.881. The Labute approximate surface area is 164 Å². The Kier molecular flexibility index (Phi) is 5.03. The molecule has 1 atom stereocenters. The number of anilines is 1. The number of carbonyl (C=O) groups is 2. The number of rotatable bonds is 4. The highest BCUT2D eigenvalue weighted by Gasteiger charge is 2.38. The third kappa shape index (κ3) is 3.35. The molecule has 0 spiro atoms. The van der Waals surface area contributed by atoms with Gasteiger partial charge >= 0.3 is 0 Å². The predicted molar refractivity (Wildman–Crippen MR) is 106 cm³/mol. The molecule has 0 radical (unpaired) electrons. The maximum Gasteiger partial charge on any atom is 0.257 e. The molecule has 2 aromatic carbocycles. The van der Waals surface area contributed by atoms with Gasteiger partial charge in [0.15, 0.2) is 0 Å². The van der Waals surface area contributed by atoms with E-state index in [-0.39, 0.29) is 30.3 Å². The van der Waals surface area contributed by atoms with E-state index in [0.29, 0.717) is 16.7 Å². The second-order valence-corrected chi connectivity index (χ2v) is 7.31. The highest BCUT2D eigenvalue weighted by atomic mass is 19.1. The molecule has 0 saturated carbocycles. The fourth-order valence-corrected chi connectivity index (χ4v) is 4.19. The smallest absolute Gasteiger partial charge is 0.257 e. The third-order valence-corrected chi connectivity index (χ3v) is 5.57. The van der Waals surface area contributed by atoms with E-state index in [1.807, 2.05) is 11.0 Å². The second-order valence-electron chi connectivity index (χ2n) is 7.31. The van der Waals surface area contributed by atoms with Gasteiger partial charge in [-0.15, -0.1) is 0 Å². The average molecular weight is 381 g/mol. The summed E-state index contributed by atoms with van der Waals surface area (Å²) in [5.74, 6) is -0.507. The van der Waals surface area contributed by atoms with Crippen LogP contribution in [-0.2, 0) is 6.54 Å². The molecule has 0 aromatic heterocycles. The maximum atomic E-state index is 13.3. The third-order valence-electron chi connectivity index (χ3n) is 5.57. The molecule has 0 bridgehead atoms. The molecule has 2 aliphatic heterocycles. The summed E-state index contributed by atoms with van der Waals surface area (Å²) in [5, 5.41) is 2.83.